The van der Waals surface area contributed by atoms with Crippen LogP contribution in [0.3, 0.4) is 0 Å². The van der Waals surface area contributed by atoms with Crippen molar-refractivity contribution in [2.24, 2.45) is 0 Å². The number of nitrogens with one attached hydrogen (secondary N) is 2. The lowest BCUT2D eigenvalue weighted by Gasteiger charge is -2.11. The molecule has 2 N–H and O–H groups in total. The highest BCUT2D eigenvalue weighted by Crippen LogP contribution is 2.23. The van der Waals surface area contributed by atoms with Gasteiger partial charge in [-0.05, 0) is 18.2 Å². The normalized spacial score (nSPS) is 10.7. The second kappa shape index (κ2) is 6.05. The standard InChI is InChI=1S/C14H16ClFN4/c1-8(2)14-19-12(17-3)7-13(20-14)18-11-5-9(15)4-10(16)6-11/h4-8H,1-3H3,(H2,17,18,19,20). The molecule has 4 nitrogen and oxygen atoms in total. The fourth-order valence-corrected chi connectivity index (χ4v) is 1.91. The van der Waals surface area contributed by atoms with Crippen molar-refractivity contribution in [1.29, 1.82) is 0 Å². The molecule has 0 saturated carbocycles. The van der Waals surface area contributed by atoms with Crippen molar-refractivity contribution in [3.8, 4) is 0 Å². The van der Waals surface area contributed by atoms with Crippen molar-refractivity contribution in [1.82, 2.24) is 9.97 Å². The van der Waals surface area contributed by atoms with E-state index in [-0.39, 0.29) is 5.92 Å². The van der Waals surface area contributed by atoms with E-state index in [4.69, 9.17) is 11.6 Å². The molecule has 20 heavy (non-hydrogen) atoms. The van der Waals surface area contributed by atoms with E-state index in [0.29, 0.717) is 28.2 Å². The van der Waals surface area contributed by atoms with E-state index in [2.05, 4.69) is 20.6 Å². The molecule has 0 bridgehead atoms. The predicted molar refractivity (Wildman–Crippen MR) is 80.4 cm³/mol. The molecule has 0 spiro atoms. The van der Waals surface area contributed by atoms with Crippen molar-refractivity contribution in [3.05, 3.63) is 40.9 Å². The molecule has 0 atom stereocenters. The minimum absolute atomic E-state index is 0.194. The first-order valence-corrected chi connectivity index (χ1v) is 6.65. The largest absolute Gasteiger partial charge is 0.373 e. The SMILES string of the molecule is CNc1cc(Nc2cc(F)cc(Cl)c2)nc(C(C)C)n1. The van der Waals surface area contributed by atoms with Gasteiger partial charge in [-0.3, -0.25) is 0 Å². The van der Waals surface area contributed by atoms with Crippen molar-refractivity contribution < 1.29 is 4.39 Å². The van der Waals surface area contributed by atoms with E-state index >= 15 is 0 Å². The summed E-state index contributed by atoms with van der Waals surface area (Å²) in [5.74, 6) is 1.80. The number of hydrogen-bond acceptors (Lipinski definition) is 4. The summed E-state index contributed by atoms with van der Waals surface area (Å²) in [6.45, 7) is 4.02. The van der Waals surface area contributed by atoms with Gasteiger partial charge in [0, 0.05) is 29.7 Å². The summed E-state index contributed by atoms with van der Waals surface area (Å²) in [4.78, 5) is 8.77. The maximum atomic E-state index is 13.3. The summed E-state index contributed by atoms with van der Waals surface area (Å²) in [6, 6.07) is 6.01. The monoisotopic (exact) mass is 294 g/mol. The Kier molecular flexibility index (Phi) is 4.39. The molecule has 0 aliphatic carbocycles. The molecule has 1 heterocycles. The maximum Gasteiger partial charge on any atom is 0.136 e. The molecule has 1 aromatic heterocycles. The van der Waals surface area contributed by atoms with Gasteiger partial charge in [0.05, 0.1) is 0 Å². The third-order valence-electron chi connectivity index (χ3n) is 2.65. The lowest BCUT2D eigenvalue weighted by atomic mass is 10.2. The quantitative estimate of drug-likeness (QED) is 0.888. The van der Waals surface area contributed by atoms with Crippen LogP contribution in [-0.4, -0.2) is 17.0 Å². The lowest BCUT2D eigenvalue weighted by Crippen LogP contribution is -2.05. The molecule has 0 aliphatic heterocycles. The van der Waals surface area contributed by atoms with Crippen LogP contribution in [0.25, 0.3) is 0 Å². The van der Waals surface area contributed by atoms with Gasteiger partial charge in [0.25, 0.3) is 0 Å². The number of benzene rings is 1. The highest BCUT2D eigenvalue weighted by molar-refractivity contribution is 6.30. The number of halogens is 2. The van der Waals surface area contributed by atoms with E-state index < -0.39 is 5.82 Å². The summed E-state index contributed by atoms with van der Waals surface area (Å²) in [5.41, 5.74) is 0.547. The third-order valence-corrected chi connectivity index (χ3v) is 2.87. The summed E-state index contributed by atoms with van der Waals surface area (Å²) in [5, 5.41) is 6.35. The van der Waals surface area contributed by atoms with Gasteiger partial charge in [0.2, 0.25) is 0 Å². The molecule has 0 amide bonds. The highest BCUT2D eigenvalue weighted by Gasteiger charge is 2.08. The van der Waals surface area contributed by atoms with E-state index in [1.807, 2.05) is 13.8 Å². The first kappa shape index (κ1) is 14.5. The molecule has 1 aromatic carbocycles. The molecule has 0 fully saturated rings. The minimum Gasteiger partial charge on any atom is -0.373 e. The Balaban J connectivity index is 2.34. The number of hydrogen-bond donors (Lipinski definition) is 2. The molecule has 0 radical (unpaired) electrons. The summed E-state index contributed by atoms with van der Waals surface area (Å²) < 4.78 is 13.3. The van der Waals surface area contributed by atoms with Gasteiger partial charge in [-0.25, -0.2) is 14.4 Å². The Morgan fingerprint density at radius 2 is 1.80 bits per heavy atom. The van der Waals surface area contributed by atoms with Crippen molar-refractivity contribution >= 4 is 28.9 Å². The molecule has 6 heteroatoms. The van der Waals surface area contributed by atoms with Crippen LogP contribution in [0.15, 0.2) is 24.3 Å². The predicted octanol–water partition coefficient (Wildman–Crippen LogP) is 4.18. The van der Waals surface area contributed by atoms with Crippen LogP contribution in [-0.2, 0) is 0 Å². The summed E-state index contributed by atoms with van der Waals surface area (Å²) in [7, 11) is 1.79. The fraction of sp³-hybridized carbons (Fsp3) is 0.286. The van der Waals surface area contributed by atoms with E-state index in [1.165, 1.54) is 12.1 Å². The smallest absolute Gasteiger partial charge is 0.136 e. The van der Waals surface area contributed by atoms with E-state index in [9.17, 15) is 4.39 Å². The topological polar surface area (TPSA) is 49.8 Å². The maximum absolute atomic E-state index is 13.3. The first-order valence-electron chi connectivity index (χ1n) is 6.28. The van der Waals surface area contributed by atoms with Gasteiger partial charge < -0.3 is 10.6 Å². The van der Waals surface area contributed by atoms with Gasteiger partial charge in [0.1, 0.15) is 23.3 Å². The molecular weight excluding hydrogens is 279 g/mol. The molecular formula is C14H16ClFN4. The van der Waals surface area contributed by atoms with Crippen LogP contribution in [0.4, 0.5) is 21.7 Å². The molecule has 2 aromatic rings. The number of nitrogens with zero attached hydrogens (tertiary/aromatic N) is 2. The minimum atomic E-state index is -0.396. The van der Waals surface area contributed by atoms with Crippen molar-refractivity contribution in [2.75, 3.05) is 17.7 Å². The lowest BCUT2D eigenvalue weighted by molar-refractivity contribution is 0.628. The highest BCUT2D eigenvalue weighted by atomic mass is 35.5. The zero-order valence-corrected chi connectivity index (χ0v) is 12.3. The van der Waals surface area contributed by atoms with Crippen LogP contribution in [0.5, 0.6) is 0 Å². The molecule has 0 saturated heterocycles. The van der Waals surface area contributed by atoms with Crippen molar-refractivity contribution in [3.63, 3.8) is 0 Å². The summed E-state index contributed by atoms with van der Waals surface area (Å²) in [6.07, 6.45) is 0. The van der Waals surface area contributed by atoms with E-state index in [1.54, 1.807) is 19.2 Å². The zero-order valence-electron chi connectivity index (χ0n) is 11.5. The molecule has 0 unspecified atom stereocenters. The Morgan fingerprint density at radius 3 is 2.40 bits per heavy atom. The Morgan fingerprint density at radius 1 is 1.10 bits per heavy atom. The molecule has 106 valence electrons. The van der Waals surface area contributed by atoms with Gasteiger partial charge in [-0.2, -0.15) is 0 Å². The number of aromatic nitrogens is 2. The molecule has 0 aliphatic rings. The Labute approximate surface area is 122 Å². The van der Waals surface area contributed by atoms with Gasteiger partial charge in [0.15, 0.2) is 0 Å². The van der Waals surface area contributed by atoms with E-state index in [0.717, 1.165) is 0 Å². The Bertz CT molecular complexity index is 596. The Hall–Kier alpha value is -1.88. The van der Waals surface area contributed by atoms with Crippen LogP contribution >= 0.6 is 11.6 Å². The molecule has 2 rings (SSSR count). The third kappa shape index (κ3) is 3.57. The van der Waals surface area contributed by atoms with Crippen LogP contribution in [0.2, 0.25) is 5.02 Å². The van der Waals surface area contributed by atoms with Crippen molar-refractivity contribution in [2.45, 2.75) is 19.8 Å². The average Bonchev–Trinajstić information content (AvgIpc) is 2.36. The second-order valence-electron chi connectivity index (χ2n) is 4.68. The van der Waals surface area contributed by atoms with Crippen LogP contribution < -0.4 is 10.6 Å². The zero-order chi connectivity index (χ0) is 14.7. The second-order valence-corrected chi connectivity index (χ2v) is 5.12. The number of rotatable bonds is 4. The fourth-order valence-electron chi connectivity index (χ4n) is 1.69. The first-order chi connectivity index (χ1) is 9.47. The summed E-state index contributed by atoms with van der Waals surface area (Å²) >= 11 is 5.83. The van der Waals surface area contributed by atoms with Gasteiger partial charge >= 0.3 is 0 Å². The van der Waals surface area contributed by atoms with Gasteiger partial charge in [-0.1, -0.05) is 25.4 Å². The van der Waals surface area contributed by atoms with Gasteiger partial charge in [-0.15, -0.1) is 0 Å². The van der Waals surface area contributed by atoms with Crippen LogP contribution in [0, 0.1) is 5.82 Å². The number of anilines is 3. The average molecular weight is 295 g/mol. The van der Waals surface area contributed by atoms with Crippen LogP contribution in [0.1, 0.15) is 25.6 Å².